The maximum atomic E-state index is 12.6. The van der Waals surface area contributed by atoms with E-state index >= 15 is 0 Å². The number of aromatic carboxylic acids is 1. The molecule has 202 valence electrons. The minimum atomic E-state index is -1.78. The van der Waals surface area contributed by atoms with Crippen LogP contribution in [0.5, 0.6) is 34.5 Å². The molecule has 0 aromatic heterocycles. The summed E-state index contributed by atoms with van der Waals surface area (Å²) in [7, 11) is 3.62. The highest BCUT2D eigenvalue weighted by molar-refractivity contribution is 5.95. The molecule has 1 fully saturated rings. The maximum absolute atomic E-state index is 12.6. The first-order valence-electron chi connectivity index (χ1n) is 10.7. The second-order valence-corrected chi connectivity index (χ2v) is 7.76. The molecule has 1 aliphatic heterocycles. The summed E-state index contributed by atoms with van der Waals surface area (Å²) in [6, 6.07) is 4.64. The Labute approximate surface area is 209 Å². The fraction of sp³-hybridized carbons (Fsp3) is 0.391. The molecular weight excluding hydrogens is 500 g/mol. The van der Waals surface area contributed by atoms with Crippen LogP contribution in [0.25, 0.3) is 0 Å². The van der Waals surface area contributed by atoms with Crippen molar-refractivity contribution in [1.29, 1.82) is 0 Å². The lowest BCUT2D eigenvalue weighted by atomic mass is 9.99. The molecule has 3 rings (SSSR count). The second kappa shape index (κ2) is 11.4. The van der Waals surface area contributed by atoms with Crippen molar-refractivity contribution in [2.75, 3.05) is 27.9 Å². The zero-order chi connectivity index (χ0) is 27.4. The molecule has 0 unspecified atom stereocenters. The predicted molar refractivity (Wildman–Crippen MR) is 120 cm³/mol. The highest BCUT2D eigenvalue weighted by Gasteiger charge is 2.46. The number of phenolic OH excluding ortho intramolecular Hbond substituents is 2. The van der Waals surface area contributed by atoms with Gasteiger partial charge < -0.3 is 59.1 Å². The molecule has 0 radical (unpaired) electrons. The van der Waals surface area contributed by atoms with Crippen LogP contribution in [0.4, 0.5) is 0 Å². The average Bonchev–Trinajstić information content (AvgIpc) is 2.88. The van der Waals surface area contributed by atoms with E-state index in [1.165, 1.54) is 32.4 Å². The number of carboxylic acid groups (broad SMARTS) is 1. The van der Waals surface area contributed by atoms with Crippen molar-refractivity contribution in [3.8, 4) is 34.5 Å². The quantitative estimate of drug-likeness (QED) is 0.235. The summed E-state index contributed by atoms with van der Waals surface area (Å²) in [5.74, 6) is -4.28. The number of hydrogen-bond acceptors (Lipinski definition) is 13. The van der Waals surface area contributed by atoms with Gasteiger partial charge in [0.15, 0.2) is 23.0 Å². The Morgan fingerprint density at radius 2 is 1.54 bits per heavy atom. The van der Waals surface area contributed by atoms with E-state index in [-0.39, 0.29) is 22.8 Å². The average molecular weight is 526 g/mol. The van der Waals surface area contributed by atoms with E-state index in [4.69, 9.17) is 33.5 Å². The first kappa shape index (κ1) is 27.6. The van der Waals surface area contributed by atoms with Gasteiger partial charge in [0.2, 0.25) is 17.8 Å². The number of carbonyl (C=O) groups excluding carboxylic acids is 1. The van der Waals surface area contributed by atoms with Crippen molar-refractivity contribution in [2.45, 2.75) is 30.7 Å². The van der Waals surface area contributed by atoms with E-state index in [0.717, 1.165) is 13.2 Å². The van der Waals surface area contributed by atoms with Crippen LogP contribution < -0.4 is 18.9 Å². The zero-order valence-corrected chi connectivity index (χ0v) is 19.9. The molecule has 6 N–H and O–H groups in total. The molecule has 1 heterocycles. The minimum Gasteiger partial charge on any atom is -0.504 e. The van der Waals surface area contributed by atoms with E-state index in [2.05, 4.69) is 0 Å². The Hall–Kier alpha value is -3.98. The lowest BCUT2D eigenvalue weighted by Crippen LogP contribution is -2.60. The number of phenols is 2. The fourth-order valence-electron chi connectivity index (χ4n) is 3.53. The van der Waals surface area contributed by atoms with Gasteiger partial charge in [0, 0.05) is 6.07 Å². The van der Waals surface area contributed by atoms with Gasteiger partial charge in [-0.25, -0.2) is 9.59 Å². The molecule has 2 aromatic carbocycles. The van der Waals surface area contributed by atoms with Crippen LogP contribution in [-0.2, 0) is 9.47 Å². The third-order valence-corrected chi connectivity index (χ3v) is 5.54. The Bertz CT molecular complexity index is 1150. The molecule has 0 spiro atoms. The molecule has 1 aliphatic rings. The minimum absolute atomic E-state index is 0.00927. The molecule has 37 heavy (non-hydrogen) atoms. The highest BCUT2D eigenvalue weighted by atomic mass is 16.7. The zero-order valence-electron chi connectivity index (χ0n) is 19.9. The van der Waals surface area contributed by atoms with Gasteiger partial charge in [-0.2, -0.15) is 0 Å². The lowest BCUT2D eigenvalue weighted by Gasteiger charge is -2.40. The van der Waals surface area contributed by atoms with E-state index in [1.807, 2.05) is 0 Å². The SMILES string of the molecule is COc1cc(C(=O)O)ccc1O[C@@H]1O[C@H](COC(=O)c2cc(OC)c(O)c(OC)c2O)[C@@H](O)[C@H](O)[C@H]1O. The monoisotopic (exact) mass is 526 g/mol. The van der Waals surface area contributed by atoms with E-state index < -0.39 is 72.1 Å². The fourth-order valence-corrected chi connectivity index (χ4v) is 3.53. The van der Waals surface area contributed by atoms with Crippen LogP contribution >= 0.6 is 0 Å². The van der Waals surface area contributed by atoms with Crippen molar-refractivity contribution < 1.29 is 68.6 Å². The molecule has 14 heteroatoms. The number of benzene rings is 2. The number of methoxy groups -OCH3 is 3. The smallest absolute Gasteiger partial charge is 0.342 e. The van der Waals surface area contributed by atoms with Gasteiger partial charge in [0.1, 0.15) is 36.6 Å². The Balaban J connectivity index is 1.77. The number of aliphatic hydroxyl groups is 3. The van der Waals surface area contributed by atoms with Crippen LogP contribution in [0.2, 0.25) is 0 Å². The van der Waals surface area contributed by atoms with Crippen LogP contribution in [0, 0.1) is 0 Å². The van der Waals surface area contributed by atoms with Gasteiger partial charge >= 0.3 is 11.9 Å². The molecule has 1 saturated heterocycles. The summed E-state index contributed by atoms with van der Waals surface area (Å²) in [5, 5.41) is 60.4. The normalized spacial score (nSPS) is 23.1. The standard InChI is InChI=1S/C23H26O14/c1-32-12-6-9(21(29)30)4-5-11(12)36-23-19(28)18(27)16(25)14(37-23)8-35-22(31)10-7-13(33-2)17(26)20(34-3)15(10)24/h4-7,14,16,18-19,23-28H,8H2,1-3H3,(H,29,30)/t14-,16-,18+,19-,23-/m1/s1. The van der Waals surface area contributed by atoms with Gasteiger partial charge in [-0.1, -0.05) is 0 Å². The molecule has 0 aliphatic carbocycles. The number of carbonyl (C=O) groups is 2. The number of rotatable bonds is 9. The highest BCUT2D eigenvalue weighted by Crippen LogP contribution is 2.45. The molecule has 0 amide bonds. The third-order valence-electron chi connectivity index (χ3n) is 5.54. The summed E-state index contributed by atoms with van der Waals surface area (Å²) >= 11 is 0. The first-order chi connectivity index (χ1) is 17.5. The Morgan fingerprint density at radius 1 is 0.865 bits per heavy atom. The van der Waals surface area contributed by atoms with E-state index in [0.29, 0.717) is 0 Å². The largest absolute Gasteiger partial charge is 0.504 e. The van der Waals surface area contributed by atoms with E-state index in [9.17, 15) is 35.1 Å². The van der Waals surface area contributed by atoms with Crippen molar-refractivity contribution >= 4 is 11.9 Å². The van der Waals surface area contributed by atoms with Crippen molar-refractivity contribution in [1.82, 2.24) is 0 Å². The molecule has 0 bridgehead atoms. The van der Waals surface area contributed by atoms with E-state index in [1.54, 1.807) is 0 Å². The van der Waals surface area contributed by atoms with Gasteiger partial charge in [-0.15, -0.1) is 0 Å². The number of aliphatic hydroxyl groups excluding tert-OH is 3. The molecule has 0 saturated carbocycles. The summed E-state index contributed by atoms with van der Waals surface area (Å²) in [6.45, 7) is -0.663. The number of esters is 1. The maximum Gasteiger partial charge on any atom is 0.342 e. The van der Waals surface area contributed by atoms with Gasteiger partial charge in [-0.3, -0.25) is 0 Å². The summed E-state index contributed by atoms with van der Waals surface area (Å²) in [4.78, 5) is 23.8. The summed E-state index contributed by atoms with van der Waals surface area (Å²) < 4.78 is 31.1. The van der Waals surface area contributed by atoms with Crippen LogP contribution in [0.3, 0.4) is 0 Å². The topological polar surface area (TPSA) is 211 Å². The first-order valence-corrected chi connectivity index (χ1v) is 10.7. The second-order valence-electron chi connectivity index (χ2n) is 7.76. The Kier molecular flexibility index (Phi) is 8.49. The Morgan fingerprint density at radius 3 is 2.14 bits per heavy atom. The number of aromatic hydroxyl groups is 2. The third kappa shape index (κ3) is 5.56. The number of hydrogen-bond donors (Lipinski definition) is 6. The number of ether oxygens (including phenoxy) is 6. The molecule has 2 aromatic rings. The van der Waals surface area contributed by atoms with Crippen molar-refractivity contribution in [3.63, 3.8) is 0 Å². The lowest BCUT2D eigenvalue weighted by molar-refractivity contribution is -0.277. The molecular formula is C23H26O14. The van der Waals surface area contributed by atoms with Crippen LogP contribution in [0.1, 0.15) is 20.7 Å². The van der Waals surface area contributed by atoms with Crippen LogP contribution in [-0.4, -0.2) is 101 Å². The van der Waals surface area contributed by atoms with Crippen molar-refractivity contribution in [3.05, 3.63) is 35.4 Å². The van der Waals surface area contributed by atoms with Crippen LogP contribution in [0.15, 0.2) is 24.3 Å². The van der Waals surface area contributed by atoms with Gasteiger partial charge in [0.05, 0.1) is 26.9 Å². The number of carboxylic acids is 1. The van der Waals surface area contributed by atoms with Gasteiger partial charge in [-0.05, 0) is 18.2 Å². The summed E-state index contributed by atoms with van der Waals surface area (Å²) in [6.07, 6.45) is -8.24. The predicted octanol–water partition coefficient (Wildman–Crippen LogP) is -0.135. The van der Waals surface area contributed by atoms with Crippen molar-refractivity contribution in [2.24, 2.45) is 0 Å². The molecule has 5 atom stereocenters. The summed E-state index contributed by atoms with van der Waals surface area (Å²) in [5.41, 5.74) is -0.534. The van der Waals surface area contributed by atoms with Gasteiger partial charge in [0.25, 0.3) is 0 Å². The molecule has 14 nitrogen and oxygen atoms in total.